The van der Waals surface area contributed by atoms with Gasteiger partial charge in [0.25, 0.3) is 0 Å². The second-order valence-electron chi connectivity index (χ2n) is 6.20. The third-order valence-electron chi connectivity index (χ3n) is 4.22. The molecule has 3 rings (SSSR count). The zero-order valence-corrected chi connectivity index (χ0v) is 15.3. The van der Waals surface area contributed by atoms with E-state index in [1.807, 2.05) is 49.7 Å². The van der Waals surface area contributed by atoms with Crippen LogP contribution in [0.1, 0.15) is 35.7 Å². The van der Waals surface area contributed by atoms with E-state index in [-0.39, 0.29) is 18.4 Å². The fourth-order valence-corrected chi connectivity index (χ4v) is 2.86. The van der Waals surface area contributed by atoms with Crippen LogP contribution in [0, 0.1) is 13.8 Å². The van der Waals surface area contributed by atoms with Gasteiger partial charge >= 0.3 is 0 Å². The maximum absolute atomic E-state index is 12.2. The van der Waals surface area contributed by atoms with E-state index in [1.54, 1.807) is 19.4 Å². The Morgan fingerprint density at radius 3 is 2.65 bits per heavy atom. The van der Waals surface area contributed by atoms with Crippen LogP contribution in [-0.2, 0) is 11.2 Å². The highest BCUT2D eigenvalue weighted by atomic mass is 16.5. The van der Waals surface area contributed by atoms with E-state index in [0.717, 1.165) is 28.4 Å². The molecule has 0 radical (unpaired) electrons. The zero-order chi connectivity index (χ0) is 18.7. The summed E-state index contributed by atoms with van der Waals surface area (Å²) in [5.41, 5.74) is 3.63. The third kappa shape index (κ3) is 3.77. The van der Waals surface area contributed by atoms with Gasteiger partial charge in [-0.15, -0.1) is 0 Å². The lowest BCUT2D eigenvalue weighted by molar-refractivity contribution is -0.121. The topological polar surface area (TPSA) is 82.2 Å². The Kier molecular flexibility index (Phi) is 5.06. The fourth-order valence-electron chi connectivity index (χ4n) is 2.86. The summed E-state index contributed by atoms with van der Waals surface area (Å²) < 4.78 is 12.1. The number of benzene rings is 1. The van der Waals surface area contributed by atoms with E-state index in [2.05, 4.69) is 15.6 Å². The summed E-state index contributed by atoms with van der Waals surface area (Å²) in [5.74, 6) is 1.23. The molecule has 0 aliphatic heterocycles. The number of nitrogens with zero attached hydrogens (tertiary/aromatic N) is 3. The van der Waals surface area contributed by atoms with Crippen molar-refractivity contribution in [1.82, 2.24) is 20.3 Å². The maximum Gasteiger partial charge on any atom is 0.228 e. The van der Waals surface area contributed by atoms with Crippen molar-refractivity contribution < 1.29 is 14.1 Å². The molecular weight excluding hydrogens is 332 g/mol. The molecule has 0 bridgehead atoms. The van der Waals surface area contributed by atoms with Crippen molar-refractivity contribution in [1.29, 1.82) is 0 Å². The van der Waals surface area contributed by atoms with Crippen molar-refractivity contribution in [2.75, 3.05) is 7.11 Å². The summed E-state index contributed by atoms with van der Waals surface area (Å²) in [5, 5.41) is 11.2. The van der Waals surface area contributed by atoms with Crippen LogP contribution in [0.25, 0.3) is 5.69 Å². The van der Waals surface area contributed by atoms with Gasteiger partial charge in [0.1, 0.15) is 11.5 Å². The van der Waals surface area contributed by atoms with Crippen molar-refractivity contribution >= 4 is 5.91 Å². The van der Waals surface area contributed by atoms with Crippen molar-refractivity contribution in [3.8, 4) is 11.4 Å². The molecule has 0 aliphatic carbocycles. The molecule has 7 heteroatoms. The summed E-state index contributed by atoms with van der Waals surface area (Å²) in [6.45, 7) is 5.74. The maximum atomic E-state index is 12.2. The standard InChI is InChI=1S/C19H22N4O3/c1-12-9-17(26-22-12)10-19(24)21-13(2)18-11-20-23(14(18)3)15-5-7-16(25-4)8-6-15/h5-9,11,13H,10H2,1-4H3,(H,21,24)/t13-/m0/s1. The van der Waals surface area contributed by atoms with E-state index < -0.39 is 0 Å². The molecule has 1 N–H and O–H groups in total. The normalized spacial score (nSPS) is 12.0. The van der Waals surface area contributed by atoms with Crippen molar-refractivity contribution in [3.05, 3.63) is 59.2 Å². The number of nitrogens with one attached hydrogen (secondary N) is 1. The Hall–Kier alpha value is -3.09. The second kappa shape index (κ2) is 7.43. The Balaban J connectivity index is 1.70. The largest absolute Gasteiger partial charge is 0.497 e. The number of amides is 1. The fraction of sp³-hybridized carbons (Fsp3) is 0.316. The number of rotatable bonds is 6. The van der Waals surface area contributed by atoms with Crippen LogP contribution in [-0.4, -0.2) is 28.0 Å². The molecule has 0 fully saturated rings. The summed E-state index contributed by atoms with van der Waals surface area (Å²) in [4.78, 5) is 12.2. The minimum Gasteiger partial charge on any atom is -0.497 e. The van der Waals surface area contributed by atoms with Gasteiger partial charge in [0.05, 0.1) is 37.2 Å². The predicted octanol–water partition coefficient (Wildman–Crippen LogP) is 2.91. The highest BCUT2D eigenvalue weighted by molar-refractivity contribution is 5.78. The molecule has 26 heavy (non-hydrogen) atoms. The Labute approximate surface area is 151 Å². The summed E-state index contributed by atoms with van der Waals surface area (Å²) in [6, 6.07) is 9.26. The lowest BCUT2D eigenvalue weighted by Crippen LogP contribution is -2.28. The number of methoxy groups -OCH3 is 1. The molecule has 2 heterocycles. The summed E-state index contributed by atoms with van der Waals surface area (Å²) >= 11 is 0. The SMILES string of the molecule is COc1ccc(-n2ncc([C@H](C)NC(=O)Cc3cc(C)no3)c2C)cc1. The van der Waals surface area contributed by atoms with Crippen molar-refractivity contribution in [2.24, 2.45) is 0 Å². The van der Waals surface area contributed by atoms with Crippen LogP contribution in [0.2, 0.25) is 0 Å². The predicted molar refractivity (Wildman–Crippen MR) is 96.4 cm³/mol. The molecule has 2 aromatic heterocycles. The van der Waals surface area contributed by atoms with E-state index >= 15 is 0 Å². The van der Waals surface area contributed by atoms with E-state index in [0.29, 0.717) is 5.76 Å². The van der Waals surface area contributed by atoms with Gasteiger partial charge in [-0.1, -0.05) is 5.16 Å². The average Bonchev–Trinajstić information content (AvgIpc) is 3.20. The molecule has 0 saturated heterocycles. The highest BCUT2D eigenvalue weighted by Crippen LogP contribution is 2.21. The molecule has 1 aromatic carbocycles. The first-order valence-corrected chi connectivity index (χ1v) is 8.38. The Morgan fingerprint density at radius 2 is 2.04 bits per heavy atom. The van der Waals surface area contributed by atoms with Crippen LogP contribution >= 0.6 is 0 Å². The van der Waals surface area contributed by atoms with Gasteiger partial charge < -0.3 is 14.6 Å². The van der Waals surface area contributed by atoms with Crippen LogP contribution in [0.3, 0.4) is 0 Å². The molecule has 7 nitrogen and oxygen atoms in total. The molecular formula is C19H22N4O3. The van der Waals surface area contributed by atoms with E-state index in [9.17, 15) is 4.79 Å². The lowest BCUT2D eigenvalue weighted by Gasteiger charge is -2.14. The molecule has 0 aliphatic rings. The quantitative estimate of drug-likeness (QED) is 0.736. The molecule has 0 saturated carbocycles. The molecule has 3 aromatic rings. The van der Waals surface area contributed by atoms with Crippen LogP contribution in [0.4, 0.5) is 0 Å². The Bertz CT molecular complexity index is 896. The van der Waals surface area contributed by atoms with Crippen LogP contribution in [0.15, 0.2) is 41.1 Å². The lowest BCUT2D eigenvalue weighted by atomic mass is 10.1. The second-order valence-corrected chi connectivity index (χ2v) is 6.20. The number of aromatic nitrogens is 3. The van der Waals surface area contributed by atoms with Crippen LogP contribution in [0.5, 0.6) is 5.75 Å². The number of carbonyl (C=O) groups excluding carboxylic acids is 1. The molecule has 0 unspecified atom stereocenters. The van der Waals surface area contributed by atoms with Gasteiger partial charge in [0.2, 0.25) is 5.91 Å². The van der Waals surface area contributed by atoms with Crippen molar-refractivity contribution in [2.45, 2.75) is 33.2 Å². The summed E-state index contributed by atoms with van der Waals surface area (Å²) in [7, 11) is 1.64. The number of hydrogen-bond donors (Lipinski definition) is 1. The number of carbonyl (C=O) groups is 1. The Morgan fingerprint density at radius 1 is 1.31 bits per heavy atom. The smallest absolute Gasteiger partial charge is 0.228 e. The monoisotopic (exact) mass is 354 g/mol. The third-order valence-corrected chi connectivity index (χ3v) is 4.22. The first-order chi connectivity index (χ1) is 12.5. The summed E-state index contributed by atoms with van der Waals surface area (Å²) in [6.07, 6.45) is 1.94. The average molecular weight is 354 g/mol. The molecule has 1 atom stereocenters. The van der Waals surface area contributed by atoms with Gasteiger partial charge in [-0.25, -0.2) is 4.68 Å². The molecule has 136 valence electrons. The first kappa shape index (κ1) is 17.7. The highest BCUT2D eigenvalue weighted by Gasteiger charge is 2.17. The van der Waals surface area contributed by atoms with Gasteiger partial charge in [-0.05, 0) is 45.0 Å². The number of ether oxygens (including phenoxy) is 1. The van der Waals surface area contributed by atoms with E-state index in [4.69, 9.17) is 9.26 Å². The minimum absolute atomic E-state index is 0.120. The molecule has 0 spiro atoms. The van der Waals surface area contributed by atoms with Crippen LogP contribution < -0.4 is 10.1 Å². The minimum atomic E-state index is -0.168. The first-order valence-electron chi connectivity index (χ1n) is 8.38. The molecule has 1 amide bonds. The van der Waals surface area contributed by atoms with Crippen molar-refractivity contribution in [3.63, 3.8) is 0 Å². The van der Waals surface area contributed by atoms with E-state index in [1.165, 1.54) is 0 Å². The van der Waals surface area contributed by atoms with Gasteiger partial charge in [-0.2, -0.15) is 5.10 Å². The van der Waals surface area contributed by atoms with Gasteiger partial charge in [0.15, 0.2) is 0 Å². The number of hydrogen-bond acceptors (Lipinski definition) is 5. The van der Waals surface area contributed by atoms with Gasteiger partial charge in [-0.3, -0.25) is 4.79 Å². The van der Waals surface area contributed by atoms with Gasteiger partial charge in [0, 0.05) is 17.3 Å². The zero-order valence-electron chi connectivity index (χ0n) is 15.3. The number of aryl methyl sites for hydroxylation is 1.